The molecule has 0 amide bonds. The summed E-state index contributed by atoms with van der Waals surface area (Å²) in [7, 11) is 0. The molecule has 0 fully saturated rings. The Bertz CT molecular complexity index is 544. The zero-order valence-corrected chi connectivity index (χ0v) is 8.80. The molecule has 4 nitrogen and oxygen atoms in total. The Morgan fingerprint density at radius 3 is 3.13 bits per heavy atom. The summed E-state index contributed by atoms with van der Waals surface area (Å²) in [5.41, 5.74) is 1.81. The molecule has 3 rings (SSSR count). The maximum atomic E-state index is 11.7. The normalized spacial score (nSPS) is 14.1. The largest absolute Gasteiger partial charge is 0.304 e. The van der Waals surface area contributed by atoms with Crippen molar-refractivity contribution >= 4 is 11.3 Å². The van der Waals surface area contributed by atoms with E-state index in [9.17, 15) is 4.79 Å². The van der Waals surface area contributed by atoms with Crippen molar-refractivity contribution in [3.05, 3.63) is 33.2 Å². The zero-order valence-electron chi connectivity index (χ0n) is 7.99. The highest BCUT2D eigenvalue weighted by molar-refractivity contribution is 7.12. The van der Waals surface area contributed by atoms with Crippen LogP contribution < -0.4 is 5.56 Å². The molecule has 1 N–H and O–H groups in total. The van der Waals surface area contributed by atoms with Gasteiger partial charge in [0.2, 0.25) is 0 Å². The van der Waals surface area contributed by atoms with E-state index in [1.54, 1.807) is 6.20 Å². The van der Waals surface area contributed by atoms with E-state index >= 15 is 0 Å². The molecule has 15 heavy (non-hydrogen) atoms. The van der Waals surface area contributed by atoms with Crippen LogP contribution in [-0.2, 0) is 12.8 Å². The molecule has 0 aliphatic heterocycles. The lowest BCUT2D eigenvalue weighted by Crippen LogP contribution is -2.15. The molecule has 1 aliphatic rings. The lowest BCUT2D eigenvalue weighted by atomic mass is 10.2. The fourth-order valence-corrected chi connectivity index (χ4v) is 2.46. The molecule has 0 saturated carbocycles. The highest BCUT2D eigenvalue weighted by atomic mass is 32.1. The second-order valence-electron chi connectivity index (χ2n) is 3.53. The fraction of sp³-hybridized carbons (Fsp3) is 0.300. The summed E-state index contributed by atoms with van der Waals surface area (Å²) in [6.45, 7) is 0. The van der Waals surface area contributed by atoms with Gasteiger partial charge in [0.25, 0.3) is 5.56 Å². The molecule has 0 saturated heterocycles. The van der Waals surface area contributed by atoms with Gasteiger partial charge in [0.15, 0.2) is 10.8 Å². The molecule has 0 spiro atoms. The van der Waals surface area contributed by atoms with Crippen molar-refractivity contribution in [3.63, 3.8) is 0 Å². The van der Waals surface area contributed by atoms with E-state index < -0.39 is 0 Å². The number of hydrogen-bond acceptors (Lipinski definition) is 4. The molecule has 2 aromatic heterocycles. The van der Waals surface area contributed by atoms with Gasteiger partial charge >= 0.3 is 0 Å². The summed E-state index contributed by atoms with van der Waals surface area (Å²) in [4.78, 5) is 23.1. The van der Waals surface area contributed by atoms with Crippen molar-refractivity contribution in [2.75, 3.05) is 0 Å². The number of fused-ring (bicyclic) bond motifs is 1. The zero-order chi connectivity index (χ0) is 10.3. The quantitative estimate of drug-likeness (QED) is 0.788. The Morgan fingerprint density at radius 1 is 1.40 bits per heavy atom. The second-order valence-corrected chi connectivity index (χ2v) is 4.43. The molecule has 2 heterocycles. The predicted octanol–water partition coefficient (Wildman–Crippen LogP) is 1.38. The van der Waals surface area contributed by atoms with Crippen LogP contribution in [0.4, 0.5) is 0 Å². The molecular weight excluding hydrogens is 210 g/mol. The van der Waals surface area contributed by atoms with Gasteiger partial charge in [-0.15, -0.1) is 11.3 Å². The van der Waals surface area contributed by atoms with Gasteiger partial charge < -0.3 is 4.98 Å². The van der Waals surface area contributed by atoms with Crippen LogP contribution in [0.3, 0.4) is 0 Å². The monoisotopic (exact) mass is 219 g/mol. The molecule has 2 aromatic rings. The lowest BCUT2D eigenvalue weighted by molar-refractivity contribution is 0.899. The van der Waals surface area contributed by atoms with Crippen molar-refractivity contribution in [2.24, 2.45) is 0 Å². The van der Waals surface area contributed by atoms with Crippen LogP contribution in [0.1, 0.15) is 17.7 Å². The SMILES string of the molecule is O=c1[nH]c(-c2nccs2)nc2c1CCC2. The number of aromatic amines is 1. The number of thiazole rings is 1. The molecule has 0 aromatic carbocycles. The molecule has 5 heteroatoms. The fourth-order valence-electron chi connectivity index (χ4n) is 1.88. The first kappa shape index (κ1) is 8.79. The maximum Gasteiger partial charge on any atom is 0.254 e. The van der Waals surface area contributed by atoms with Crippen molar-refractivity contribution in [1.82, 2.24) is 15.0 Å². The number of aryl methyl sites for hydroxylation is 1. The summed E-state index contributed by atoms with van der Waals surface area (Å²) in [5.74, 6) is 0.607. The molecule has 0 unspecified atom stereocenters. The number of H-pyrrole nitrogens is 1. The van der Waals surface area contributed by atoms with Gasteiger partial charge in [0.05, 0.1) is 5.69 Å². The highest BCUT2D eigenvalue weighted by Gasteiger charge is 2.18. The summed E-state index contributed by atoms with van der Waals surface area (Å²) in [6.07, 6.45) is 4.52. The standard InChI is InChI=1S/C10H9N3OS/c14-9-6-2-1-3-7(6)12-8(13-9)10-11-4-5-15-10/h4-5H,1-3H2,(H,12,13,14). The summed E-state index contributed by atoms with van der Waals surface area (Å²) < 4.78 is 0. The maximum absolute atomic E-state index is 11.7. The first-order chi connectivity index (χ1) is 7.34. The summed E-state index contributed by atoms with van der Waals surface area (Å²) in [6, 6.07) is 0. The van der Waals surface area contributed by atoms with Crippen LogP contribution in [0, 0.1) is 0 Å². The summed E-state index contributed by atoms with van der Waals surface area (Å²) in [5, 5.41) is 2.66. The van der Waals surface area contributed by atoms with Gasteiger partial charge in [-0.05, 0) is 19.3 Å². The minimum atomic E-state index is 0.00250. The number of hydrogen-bond donors (Lipinski definition) is 1. The highest BCUT2D eigenvalue weighted by Crippen LogP contribution is 2.21. The topological polar surface area (TPSA) is 58.6 Å². The van der Waals surface area contributed by atoms with Crippen molar-refractivity contribution in [1.29, 1.82) is 0 Å². The van der Waals surface area contributed by atoms with Crippen LogP contribution in [0.5, 0.6) is 0 Å². The van der Waals surface area contributed by atoms with Gasteiger partial charge in [0.1, 0.15) is 0 Å². The number of rotatable bonds is 1. The predicted molar refractivity (Wildman–Crippen MR) is 58.0 cm³/mol. The van der Waals surface area contributed by atoms with Crippen LogP contribution in [0.15, 0.2) is 16.4 Å². The van der Waals surface area contributed by atoms with Crippen LogP contribution in [0.2, 0.25) is 0 Å². The molecule has 76 valence electrons. The Labute approximate surface area is 90.0 Å². The Kier molecular flexibility index (Phi) is 1.92. The third-order valence-corrected chi connectivity index (χ3v) is 3.36. The van der Waals surface area contributed by atoms with Gasteiger partial charge in [0, 0.05) is 17.1 Å². The lowest BCUT2D eigenvalue weighted by Gasteiger charge is -2.00. The first-order valence-corrected chi connectivity index (χ1v) is 5.74. The Balaban J connectivity index is 2.20. The molecule has 0 radical (unpaired) electrons. The van der Waals surface area contributed by atoms with E-state index in [1.807, 2.05) is 5.38 Å². The van der Waals surface area contributed by atoms with Crippen molar-refractivity contribution < 1.29 is 0 Å². The van der Waals surface area contributed by atoms with Gasteiger partial charge in [-0.1, -0.05) is 0 Å². The van der Waals surface area contributed by atoms with Crippen molar-refractivity contribution in [2.45, 2.75) is 19.3 Å². The van der Waals surface area contributed by atoms with E-state index in [1.165, 1.54) is 11.3 Å². The molecule has 0 atom stereocenters. The van der Waals surface area contributed by atoms with Crippen LogP contribution in [0.25, 0.3) is 10.8 Å². The average molecular weight is 219 g/mol. The van der Waals surface area contributed by atoms with Gasteiger partial charge in [-0.2, -0.15) is 0 Å². The molecular formula is C10H9N3OS. The third-order valence-electron chi connectivity index (χ3n) is 2.58. The first-order valence-electron chi connectivity index (χ1n) is 4.86. The minimum Gasteiger partial charge on any atom is -0.304 e. The van der Waals surface area contributed by atoms with Gasteiger partial charge in [-0.25, -0.2) is 9.97 Å². The number of nitrogens with one attached hydrogen (secondary N) is 1. The van der Waals surface area contributed by atoms with Crippen molar-refractivity contribution in [3.8, 4) is 10.8 Å². The molecule has 0 bridgehead atoms. The van der Waals surface area contributed by atoms with E-state index in [-0.39, 0.29) is 5.56 Å². The second kappa shape index (κ2) is 3.27. The van der Waals surface area contributed by atoms with E-state index in [2.05, 4.69) is 15.0 Å². The van der Waals surface area contributed by atoms with Crippen LogP contribution in [-0.4, -0.2) is 15.0 Å². The van der Waals surface area contributed by atoms with Crippen LogP contribution >= 0.6 is 11.3 Å². The third kappa shape index (κ3) is 1.39. The minimum absolute atomic E-state index is 0.00250. The Hall–Kier alpha value is -1.49. The molecule has 1 aliphatic carbocycles. The van der Waals surface area contributed by atoms with Gasteiger partial charge in [-0.3, -0.25) is 4.79 Å². The Morgan fingerprint density at radius 2 is 2.33 bits per heavy atom. The summed E-state index contributed by atoms with van der Waals surface area (Å²) >= 11 is 1.49. The average Bonchev–Trinajstić information content (AvgIpc) is 2.88. The van der Waals surface area contributed by atoms with E-state index in [0.29, 0.717) is 5.82 Å². The van der Waals surface area contributed by atoms with E-state index in [4.69, 9.17) is 0 Å². The van der Waals surface area contributed by atoms with E-state index in [0.717, 1.165) is 35.5 Å². The smallest absolute Gasteiger partial charge is 0.254 e. The number of aromatic nitrogens is 3. The number of nitrogens with zero attached hydrogens (tertiary/aromatic N) is 2.